The fourth-order valence-electron chi connectivity index (χ4n) is 4.57. The number of nitrogens with two attached hydrogens (primary N) is 1. The Morgan fingerprint density at radius 2 is 1.81 bits per heavy atom. The maximum Gasteiger partial charge on any atom is 0.243 e. The molecule has 9 nitrogen and oxygen atoms in total. The molecule has 1 aromatic heterocycles. The van der Waals surface area contributed by atoms with Crippen molar-refractivity contribution < 1.29 is 19.1 Å². The molecule has 0 aliphatic heterocycles. The zero-order valence-corrected chi connectivity index (χ0v) is 21.9. The van der Waals surface area contributed by atoms with E-state index < -0.39 is 0 Å². The molecule has 0 radical (unpaired) electrons. The fourth-order valence-corrected chi connectivity index (χ4v) is 5.29. The molecule has 1 aliphatic rings. The number of hydrogen-bond acceptors (Lipinski definition) is 7. The predicted octanol–water partition coefficient (Wildman–Crippen LogP) is 4.36. The van der Waals surface area contributed by atoms with Gasteiger partial charge < -0.3 is 25.8 Å². The van der Waals surface area contributed by atoms with Gasteiger partial charge in [0.15, 0.2) is 0 Å². The summed E-state index contributed by atoms with van der Waals surface area (Å²) in [5.74, 6) is 0.299. The number of anilines is 1. The number of ether oxygens (including phenoxy) is 2. The van der Waals surface area contributed by atoms with Gasteiger partial charge in [-0.05, 0) is 43.0 Å². The van der Waals surface area contributed by atoms with E-state index in [0.717, 1.165) is 10.9 Å². The molecular weight excluding hydrogens is 517 g/mol. The number of halogens is 2. The van der Waals surface area contributed by atoms with Crippen LogP contribution in [0.15, 0.2) is 43.1 Å². The topological polar surface area (TPSA) is 128 Å². The number of rotatable bonds is 8. The van der Waals surface area contributed by atoms with Crippen LogP contribution in [0.5, 0.6) is 11.5 Å². The van der Waals surface area contributed by atoms with Crippen molar-refractivity contribution in [1.82, 2.24) is 15.3 Å². The first-order chi connectivity index (χ1) is 17.7. The number of nitrogens with zero attached hydrogens (tertiary/aromatic N) is 2. The molecule has 2 amide bonds. The third-order valence-electron chi connectivity index (χ3n) is 6.52. The highest BCUT2D eigenvalue weighted by atomic mass is 35.5. The summed E-state index contributed by atoms with van der Waals surface area (Å²) < 4.78 is 10.8. The Morgan fingerprint density at radius 1 is 1.11 bits per heavy atom. The van der Waals surface area contributed by atoms with E-state index >= 15 is 0 Å². The molecular formula is C26H27Cl2N5O4. The minimum Gasteiger partial charge on any atom is -0.495 e. The minimum absolute atomic E-state index is 0.227. The van der Waals surface area contributed by atoms with Crippen LogP contribution in [0.25, 0.3) is 22.0 Å². The zero-order valence-electron chi connectivity index (χ0n) is 20.4. The van der Waals surface area contributed by atoms with Gasteiger partial charge >= 0.3 is 0 Å². The average Bonchev–Trinajstić information content (AvgIpc) is 2.89. The lowest BCUT2D eigenvalue weighted by molar-refractivity contribution is -0.123. The third-order valence-corrected chi connectivity index (χ3v) is 7.27. The first kappa shape index (κ1) is 26.5. The van der Waals surface area contributed by atoms with Gasteiger partial charge in [0.2, 0.25) is 17.8 Å². The summed E-state index contributed by atoms with van der Waals surface area (Å²) in [6.07, 6.45) is 4.54. The van der Waals surface area contributed by atoms with Crippen molar-refractivity contribution >= 4 is 51.9 Å². The van der Waals surface area contributed by atoms with E-state index in [0.29, 0.717) is 57.8 Å². The van der Waals surface area contributed by atoms with E-state index in [1.165, 1.54) is 20.3 Å². The molecule has 1 aliphatic carbocycles. The number of primary amides is 1. The summed E-state index contributed by atoms with van der Waals surface area (Å²) in [6, 6.07) is 6.68. The second-order valence-electron chi connectivity index (χ2n) is 8.73. The number of hydrogen-bond donors (Lipinski definition) is 3. The van der Waals surface area contributed by atoms with Crippen molar-refractivity contribution in [2.45, 2.75) is 31.3 Å². The van der Waals surface area contributed by atoms with Crippen LogP contribution < -0.4 is 25.8 Å². The summed E-state index contributed by atoms with van der Waals surface area (Å²) in [4.78, 5) is 32.8. The average molecular weight is 544 g/mol. The number of carbonyl (C=O) groups excluding carboxylic acids is 2. The van der Waals surface area contributed by atoms with Gasteiger partial charge in [-0.15, -0.1) is 0 Å². The predicted molar refractivity (Wildman–Crippen MR) is 144 cm³/mol. The number of methoxy groups -OCH3 is 2. The van der Waals surface area contributed by atoms with E-state index in [1.54, 1.807) is 12.3 Å². The molecule has 4 N–H and O–H groups in total. The van der Waals surface area contributed by atoms with Crippen LogP contribution in [-0.2, 0) is 9.59 Å². The number of amides is 2. The lowest BCUT2D eigenvalue weighted by Crippen LogP contribution is -2.51. The molecule has 0 unspecified atom stereocenters. The second kappa shape index (κ2) is 11.2. The van der Waals surface area contributed by atoms with Gasteiger partial charge in [0, 0.05) is 35.2 Å². The Labute approximate surface area is 224 Å². The summed E-state index contributed by atoms with van der Waals surface area (Å²) in [6.45, 7) is 3.51. The van der Waals surface area contributed by atoms with Crippen LogP contribution in [0, 0.1) is 5.92 Å². The third kappa shape index (κ3) is 5.57. The molecule has 11 heteroatoms. The quantitative estimate of drug-likeness (QED) is 0.360. The zero-order chi connectivity index (χ0) is 26.7. The van der Waals surface area contributed by atoms with E-state index in [4.69, 9.17) is 38.4 Å². The Hall–Kier alpha value is -3.56. The minimum atomic E-state index is -0.362. The second-order valence-corrected chi connectivity index (χ2v) is 9.49. The van der Waals surface area contributed by atoms with E-state index in [-0.39, 0.29) is 29.8 Å². The monoisotopic (exact) mass is 543 g/mol. The first-order valence-corrected chi connectivity index (χ1v) is 12.4. The molecule has 4 rings (SSSR count). The maximum atomic E-state index is 11.9. The van der Waals surface area contributed by atoms with Gasteiger partial charge in [-0.3, -0.25) is 9.59 Å². The molecule has 3 aromatic rings. The van der Waals surface area contributed by atoms with Gasteiger partial charge in [-0.2, -0.15) is 0 Å². The van der Waals surface area contributed by atoms with Crippen molar-refractivity contribution in [3.63, 3.8) is 0 Å². The highest BCUT2D eigenvalue weighted by Gasteiger charge is 2.34. The summed E-state index contributed by atoms with van der Waals surface area (Å²) >= 11 is 13.2. The van der Waals surface area contributed by atoms with Crippen LogP contribution in [0.3, 0.4) is 0 Å². The normalized spacial score (nSPS) is 19.2. The van der Waals surface area contributed by atoms with Crippen LogP contribution in [0.2, 0.25) is 10.0 Å². The van der Waals surface area contributed by atoms with Crippen molar-refractivity contribution in [3.8, 4) is 22.6 Å². The number of benzene rings is 2. The molecule has 194 valence electrons. The van der Waals surface area contributed by atoms with Crippen molar-refractivity contribution in [1.29, 1.82) is 0 Å². The number of nitrogens with one attached hydrogen (secondary N) is 2. The molecule has 2 aromatic carbocycles. The van der Waals surface area contributed by atoms with Crippen molar-refractivity contribution in [2.75, 3.05) is 19.5 Å². The van der Waals surface area contributed by atoms with Gasteiger partial charge in [0.25, 0.3) is 0 Å². The van der Waals surface area contributed by atoms with Crippen LogP contribution >= 0.6 is 23.2 Å². The first-order valence-electron chi connectivity index (χ1n) is 11.6. The molecule has 0 spiro atoms. The Bertz CT molecular complexity index is 1340. The largest absolute Gasteiger partial charge is 0.495 e. The highest BCUT2D eigenvalue weighted by molar-refractivity contribution is 6.41. The molecule has 3 atom stereocenters. The molecule has 1 fully saturated rings. The molecule has 37 heavy (non-hydrogen) atoms. The Balaban J connectivity index is 1.64. The standard InChI is InChI=1S/C26H27Cl2N5O4/c1-4-21(34)31-17-8-6-14(25(29)35)10-18(17)33-26-30-12-15-9-13(5-7-16(15)32-26)22-23(27)19(36-2)11-20(37-3)24(22)28/h4-5,7,9,11-12,14,17-18H,1,6,8,10H2,2-3H3,(H2,29,35)(H,31,34)(H,30,32,33)/t14-,17-,18+/m0/s1. The number of fused-ring (bicyclic) bond motifs is 1. The number of carbonyl (C=O) groups is 2. The lowest BCUT2D eigenvalue weighted by Gasteiger charge is -2.35. The van der Waals surface area contributed by atoms with Crippen LogP contribution in [-0.4, -0.2) is 48.1 Å². The van der Waals surface area contributed by atoms with E-state index in [2.05, 4.69) is 27.2 Å². The van der Waals surface area contributed by atoms with Crippen molar-refractivity contribution in [2.24, 2.45) is 11.7 Å². The summed E-state index contributed by atoms with van der Waals surface area (Å²) in [5.41, 5.74) is 7.55. The summed E-state index contributed by atoms with van der Waals surface area (Å²) in [7, 11) is 3.04. The number of aromatic nitrogens is 2. The maximum absolute atomic E-state index is 11.9. The smallest absolute Gasteiger partial charge is 0.243 e. The van der Waals surface area contributed by atoms with Gasteiger partial charge in [0.1, 0.15) is 11.5 Å². The lowest BCUT2D eigenvalue weighted by atomic mass is 9.82. The van der Waals surface area contributed by atoms with E-state index in [9.17, 15) is 9.59 Å². The van der Waals surface area contributed by atoms with E-state index in [1.807, 2.05) is 18.2 Å². The Kier molecular flexibility index (Phi) is 8.04. The molecule has 0 bridgehead atoms. The van der Waals surface area contributed by atoms with Crippen LogP contribution in [0.4, 0.5) is 5.95 Å². The molecule has 1 saturated carbocycles. The fraction of sp³-hybridized carbons (Fsp3) is 0.308. The SMILES string of the molecule is C=CC(=O)N[C@H]1CC[C@H](C(N)=O)C[C@H]1Nc1ncc2cc(-c3c(Cl)c(OC)cc(OC)c3Cl)ccc2n1. The van der Waals surface area contributed by atoms with Gasteiger partial charge in [-0.1, -0.05) is 35.8 Å². The molecule has 1 heterocycles. The summed E-state index contributed by atoms with van der Waals surface area (Å²) in [5, 5.41) is 7.68. The Morgan fingerprint density at radius 3 is 2.43 bits per heavy atom. The molecule has 0 saturated heterocycles. The van der Waals surface area contributed by atoms with Gasteiger partial charge in [0.05, 0.1) is 35.8 Å². The highest BCUT2D eigenvalue weighted by Crippen LogP contribution is 2.46. The van der Waals surface area contributed by atoms with Crippen LogP contribution in [0.1, 0.15) is 19.3 Å². The van der Waals surface area contributed by atoms with Gasteiger partial charge in [-0.25, -0.2) is 9.97 Å². The van der Waals surface area contributed by atoms with Crippen molar-refractivity contribution in [3.05, 3.63) is 53.2 Å².